The van der Waals surface area contributed by atoms with Crippen LogP contribution in [0.1, 0.15) is 13.3 Å². The van der Waals surface area contributed by atoms with Gasteiger partial charge in [-0.05, 0) is 6.42 Å². The van der Waals surface area contributed by atoms with Gasteiger partial charge in [-0.1, -0.05) is 6.92 Å². The average molecular weight is 101 g/mol. The van der Waals surface area contributed by atoms with Gasteiger partial charge in [0.2, 0.25) is 0 Å². The van der Waals surface area contributed by atoms with Crippen molar-refractivity contribution >= 4 is 0 Å². The summed E-state index contributed by atoms with van der Waals surface area (Å²) < 4.78 is 5.09. The van der Waals surface area contributed by atoms with Crippen molar-refractivity contribution in [2.24, 2.45) is 5.73 Å². The SMILES string of the molecule is CCC1OC1CN. The van der Waals surface area contributed by atoms with E-state index >= 15 is 0 Å². The molecule has 2 atom stereocenters. The Labute approximate surface area is 43.6 Å². The summed E-state index contributed by atoms with van der Waals surface area (Å²) >= 11 is 0. The summed E-state index contributed by atoms with van der Waals surface area (Å²) in [5.74, 6) is 0. The molecule has 2 heteroatoms. The van der Waals surface area contributed by atoms with Crippen molar-refractivity contribution in [2.75, 3.05) is 6.54 Å². The van der Waals surface area contributed by atoms with Crippen LogP contribution in [0.25, 0.3) is 0 Å². The van der Waals surface area contributed by atoms with E-state index in [-0.39, 0.29) is 0 Å². The zero-order valence-corrected chi connectivity index (χ0v) is 4.55. The van der Waals surface area contributed by atoms with Crippen molar-refractivity contribution in [3.63, 3.8) is 0 Å². The molecule has 2 unspecified atom stereocenters. The highest BCUT2D eigenvalue weighted by Crippen LogP contribution is 2.22. The Kier molecular flexibility index (Phi) is 1.30. The minimum Gasteiger partial charge on any atom is -0.368 e. The van der Waals surface area contributed by atoms with E-state index in [9.17, 15) is 0 Å². The van der Waals surface area contributed by atoms with Gasteiger partial charge in [0.05, 0.1) is 12.2 Å². The van der Waals surface area contributed by atoms with Crippen LogP contribution < -0.4 is 5.73 Å². The molecule has 1 aliphatic heterocycles. The number of hydrogen-bond acceptors (Lipinski definition) is 2. The maximum atomic E-state index is 5.27. The Morgan fingerprint density at radius 3 is 2.43 bits per heavy atom. The van der Waals surface area contributed by atoms with E-state index < -0.39 is 0 Å². The lowest BCUT2D eigenvalue weighted by molar-refractivity contribution is 0.369. The largest absolute Gasteiger partial charge is 0.368 e. The number of epoxide rings is 1. The lowest BCUT2D eigenvalue weighted by Crippen LogP contribution is -2.08. The Hall–Kier alpha value is -0.0800. The van der Waals surface area contributed by atoms with Crippen LogP contribution in [0.3, 0.4) is 0 Å². The summed E-state index contributed by atoms with van der Waals surface area (Å²) in [6, 6.07) is 0. The average Bonchev–Trinajstić information content (AvgIpc) is 2.43. The summed E-state index contributed by atoms with van der Waals surface area (Å²) in [7, 11) is 0. The predicted molar refractivity (Wildman–Crippen MR) is 28.0 cm³/mol. The molecule has 0 amide bonds. The van der Waals surface area contributed by atoms with Crippen molar-refractivity contribution in [3.05, 3.63) is 0 Å². The first-order valence-corrected chi connectivity index (χ1v) is 2.74. The molecule has 1 saturated heterocycles. The molecule has 2 N–H and O–H groups in total. The molecular weight excluding hydrogens is 90.1 g/mol. The van der Waals surface area contributed by atoms with Crippen molar-refractivity contribution in [2.45, 2.75) is 25.6 Å². The van der Waals surface area contributed by atoms with E-state index in [2.05, 4.69) is 6.92 Å². The number of rotatable bonds is 2. The number of nitrogens with two attached hydrogens (primary N) is 1. The quantitative estimate of drug-likeness (QED) is 0.502. The van der Waals surface area contributed by atoms with Gasteiger partial charge in [-0.2, -0.15) is 0 Å². The second-order valence-corrected chi connectivity index (χ2v) is 1.86. The fourth-order valence-electron chi connectivity index (χ4n) is 0.746. The first-order valence-electron chi connectivity index (χ1n) is 2.74. The third-order valence-electron chi connectivity index (χ3n) is 1.32. The minimum absolute atomic E-state index is 0.394. The van der Waals surface area contributed by atoms with Gasteiger partial charge in [0.25, 0.3) is 0 Å². The van der Waals surface area contributed by atoms with Crippen LogP contribution in [-0.4, -0.2) is 18.8 Å². The van der Waals surface area contributed by atoms with Gasteiger partial charge >= 0.3 is 0 Å². The third kappa shape index (κ3) is 0.924. The predicted octanol–water partition coefficient (Wildman–Crippen LogP) is 0.122. The van der Waals surface area contributed by atoms with E-state index in [0.717, 1.165) is 6.42 Å². The molecule has 2 nitrogen and oxygen atoms in total. The van der Waals surface area contributed by atoms with Gasteiger partial charge in [-0.3, -0.25) is 0 Å². The maximum absolute atomic E-state index is 5.27. The maximum Gasteiger partial charge on any atom is 0.0963 e. The Morgan fingerprint density at radius 2 is 2.29 bits per heavy atom. The first kappa shape index (κ1) is 5.06. The van der Waals surface area contributed by atoms with Crippen LogP contribution in [0.4, 0.5) is 0 Å². The molecule has 1 heterocycles. The molecule has 42 valence electrons. The van der Waals surface area contributed by atoms with Crippen LogP contribution in [0.15, 0.2) is 0 Å². The van der Waals surface area contributed by atoms with Crippen LogP contribution in [0.2, 0.25) is 0 Å². The summed E-state index contributed by atoms with van der Waals surface area (Å²) in [5.41, 5.74) is 5.27. The molecule has 0 radical (unpaired) electrons. The van der Waals surface area contributed by atoms with E-state index in [1.807, 2.05) is 0 Å². The highest BCUT2D eigenvalue weighted by atomic mass is 16.6. The molecule has 1 rings (SSSR count). The van der Waals surface area contributed by atoms with Crippen LogP contribution >= 0.6 is 0 Å². The van der Waals surface area contributed by atoms with Gasteiger partial charge in [0, 0.05) is 6.54 Å². The van der Waals surface area contributed by atoms with E-state index in [1.165, 1.54) is 0 Å². The molecule has 0 bridgehead atoms. The molecule has 0 aromatic rings. The first-order chi connectivity index (χ1) is 3.38. The summed E-state index contributed by atoms with van der Waals surface area (Å²) in [6.45, 7) is 2.80. The summed E-state index contributed by atoms with van der Waals surface area (Å²) in [5, 5.41) is 0. The second-order valence-electron chi connectivity index (χ2n) is 1.86. The molecule has 0 spiro atoms. The Bertz CT molecular complexity index is 57.1. The molecule has 1 fully saturated rings. The zero-order chi connectivity index (χ0) is 5.28. The van der Waals surface area contributed by atoms with Crippen LogP contribution in [-0.2, 0) is 4.74 Å². The second kappa shape index (κ2) is 1.80. The molecule has 0 aromatic heterocycles. The van der Waals surface area contributed by atoms with Crippen molar-refractivity contribution in [3.8, 4) is 0 Å². The Balaban J connectivity index is 2.06. The highest BCUT2D eigenvalue weighted by molar-refractivity contribution is 4.83. The molecule has 0 saturated carbocycles. The van der Waals surface area contributed by atoms with E-state index in [1.54, 1.807) is 0 Å². The highest BCUT2D eigenvalue weighted by Gasteiger charge is 2.34. The van der Waals surface area contributed by atoms with Crippen molar-refractivity contribution in [1.29, 1.82) is 0 Å². The summed E-state index contributed by atoms with van der Waals surface area (Å²) in [4.78, 5) is 0. The molecule has 7 heavy (non-hydrogen) atoms. The van der Waals surface area contributed by atoms with Gasteiger partial charge in [0.15, 0.2) is 0 Å². The standard InChI is InChI=1S/C5H11NO/c1-2-4-5(3-6)7-4/h4-5H,2-3,6H2,1H3. The topological polar surface area (TPSA) is 38.5 Å². The molecular formula is C5H11NO. The summed E-state index contributed by atoms with van der Waals surface area (Å²) in [6.07, 6.45) is 2.00. The lowest BCUT2D eigenvalue weighted by Gasteiger charge is -1.78. The number of hydrogen-bond donors (Lipinski definition) is 1. The fraction of sp³-hybridized carbons (Fsp3) is 1.00. The zero-order valence-electron chi connectivity index (χ0n) is 4.55. The monoisotopic (exact) mass is 101 g/mol. The lowest BCUT2D eigenvalue weighted by atomic mass is 10.3. The van der Waals surface area contributed by atoms with Gasteiger partial charge in [-0.25, -0.2) is 0 Å². The van der Waals surface area contributed by atoms with E-state index in [0.29, 0.717) is 18.8 Å². The van der Waals surface area contributed by atoms with Gasteiger partial charge < -0.3 is 10.5 Å². The third-order valence-corrected chi connectivity index (χ3v) is 1.32. The normalized spacial score (nSPS) is 38.6. The number of ether oxygens (including phenoxy) is 1. The van der Waals surface area contributed by atoms with E-state index in [4.69, 9.17) is 10.5 Å². The molecule has 0 aliphatic carbocycles. The van der Waals surface area contributed by atoms with Crippen LogP contribution in [0, 0.1) is 0 Å². The Morgan fingerprint density at radius 1 is 1.57 bits per heavy atom. The van der Waals surface area contributed by atoms with Gasteiger partial charge in [-0.15, -0.1) is 0 Å². The molecule has 0 aromatic carbocycles. The van der Waals surface area contributed by atoms with Gasteiger partial charge in [0.1, 0.15) is 0 Å². The smallest absolute Gasteiger partial charge is 0.0963 e. The van der Waals surface area contributed by atoms with Crippen LogP contribution in [0.5, 0.6) is 0 Å². The van der Waals surface area contributed by atoms with Crippen molar-refractivity contribution in [1.82, 2.24) is 0 Å². The fourth-order valence-corrected chi connectivity index (χ4v) is 0.746. The minimum atomic E-state index is 0.394. The van der Waals surface area contributed by atoms with Crippen molar-refractivity contribution < 1.29 is 4.74 Å². The molecule has 1 aliphatic rings.